The van der Waals surface area contributed by atoms with Crippen molar-refractivity contribution >= 4 is 16.8 Å². The fraction of sp³-hybridized carbons (Fsp3) is 0.333. The lowest BCUT2D eigenvalue weighted by Crippen LogP contribution is -2.48. The number of hydrogen-bond acceptors (Lipinski definition) is 4. The third-order valence-electron chi connectivity index (χ3n) is 5.18. The predicted octanol–water partition coefficient (Wildman–Crippen LogP) is 2.64. The van der Waals surface area contributed by atoms with Gasteiger partial charge in [-0.05, 0) is 47.7 Å². The number of nitrogens with zero attached hydrogens (tertiary/aromatic N) is 2. The molecule has 6 nitrogen and oxygen atoms in total. The zero-order valence-electron chi connectivity index (χ0n) is 15.4. The Balaban J connectivity index is 1.45. The van der Waals surface area contributed by atoms with Crippen LogP contribution in [0.15, 0.2) is 51.9 Å². The Morgan fingerprint density at radius 1 is 1.15 bits per heavy atom. The maximum absolute atomic E-state index is 12.4. The van der Waals surface area contributed by atoms with Crippen LogP contribution in [0.1, 0.15) is 28.6 Å². The average Bonchev–Trinajstić information content (AvgIpc) is 3.23. The lowest BCUT2D eigenvalue weighted by Gasteiger charge is -2.34. The zero-order chi connectivity index (χ0) is 18.8. The minimum atomic E-state index is -0.0738. The van der Waals surface area contributed by atoms with E-state index in [-0.39, 0.29) is 11.5 Å². The molecule has 0 radical (unpaired) electrons. The minimum Gasteiger partial charge on any atom is -0.459 e. The summed E-state index contributed by atoms with van der Waals surface area (Å²) in [6.07, 6.45) is 2.48. The van der Waals surface area contributed by atoms with Gasteiger partial charge in [0.2, 0.25) is 0 Å². The highest BCUT2D eigenvalue weighted by Crippen LogP contribution is 2.16. The quantitative estimate of drug-likeness (QED) is 0.772. The third-order valence-corrected chi connectivity index (χ3v) is 5.18. The number of nitrogens with one attached hydrogen (secondary N) is 1. The number of piperazine rings is 1. The van der Waals surface area contributed by atoms with E-state index in [0.717, 1.165) is 36.0 Å². The number of aryl methyl sites for hydroxylation is 1. The molecular weight excluding hydrogens is 342 g/mol. The summed E-state index contributed by atoms with van der Waals surface area (Å²) < 4.78 is 5.20. The highest BCUT2D eigenvalue weighted by molar-refractivity contribution is 5.91. The van der Waals surface area contributed by atoms with Crippen LogP contribution in [0.5, 0.6) is 0 Å². The van der Waals surface area contributed by atoms with Crippen molar-refractivity contribution < 1.29 is 9.21 Å². The first-order chi connectivity index (χ1) is 13.1. The van der Waals surface area contributed by atoms with Gasteiger partial charge >= 0.3 is 0 Å². The topological polar surface area (TPSA) is 69.6 Å². The van der Waals surface area contributed by atoms with Gasteiger partial charge in [-0.3, -0.25) is 14.5 Å². The lowest BCUT2D eigenvalue weighted by molar-refractivity contribution is 0.0597. The summed E-state index contributed by atoms with van der Waals surface area (Å²) in [6, 6.07) is 11.6. The van der Waals surface area contributed by atoms with Crippen molar-refractivity contribution in [3.8, 4) is 0 Å². The number of benzene rings is 1. The van der Waals surface area contributed by atoms with Crippen LogP contribution in [0.4, 0.5) is 0 Å². The molecule has 1 fully saturated rings. The number of amides is 1. The molecule has 6 heteroatoms. The van der Waals surface area contributed by atoms with Gasteiger partial charge < -0.3 is 14.3 Å². The van der Waals surface area contributed by atoms with Gasteiger partial charge in [0.05, 0.1) is 6.26 Å². The number of hydrogen-bond donors (Lipinski definition) is 1. The predicted molar refractivity (Wildman–Crippen MR) is 104 cm³/mol. The van der Waals surface area contributed by atoms with Crippen molar-refractivity contribution in [1.29, 1.82) is 0 Å². The van der Waals surface area contributed by atoms with Gasteiger partial charge in [-0.2, -0.15) is 0 Å². The molecule has 4 rings (SSSR count). The number of pyridine rings is 1. The second-order valence-electron chi connectivity index (χ2n) is 6.94. The Morgan fingerprint density at radius 3 is 2.67 bits per heavy atom. The summed E-state index contributed by atoms with van der Waals surface area (Å²) in [7, 11) is 0. The fourth-order valence-electron chi connectivity index (χ4n) is 3.54. The molecule has 2 aromatic heterocycles. The van der Waals surface area contributed by atoms with Crippen LogP contribution in [-0.2, 0) is 13.0 Å². The highest BCUT2D eigenvalue weighted by Gasteiger charge is 2.24. The number of fused-ring (bicyclic) bond motifs is 1. The molecule has 0 bridgehead atoms. The van der Waals surface area contributed by atoms with Crippen molar-refractivity contribution in [3.05, 3.63) is 69.9 Å². The van der Waals surface area contributed by atoms with Gasteiger partial charge in [-0.15, -0.1) is 0 Å². The molecule has 1 saturated heterocycles. The van der Waals surface area contributed by atoms with E-state index in [2.05, 4.69) is 22.9 Å². The SMILES string of the molecule is CCc1ccc2[nH]c(=O)c(CN3CCN(C(=O)c4ccco4)CC3)cc2c1. The molecule has 140 valence electrons. The van der Waals surface area contributed by atoms with Gasteiger partial charge in [0.1, 0.15) is 0 Å². The van der Waals surface area contributed by atoms with Gasteiger partial charge in [0.15, 0.2) is 5.76 Å². The van der Waals surface area contributed by atoms with Crippen LogP contribution < -0.4 is 5.56 Å². The highest BCUT2D eigenvalue weighted by atomic mass is 16.3. The van der Waals surface area contributed by atoms with Crippen LogP contribution in [0.3, 0.4) is 0 Å². The fourth-order valence-corrected chi connectivity index (χ4v) is 3.54. The van der Waals surface area contributed by atoms with E-state index in [4.69, 9.17) is 4.42 Å². The van der Waals surface area contributed by atoms with E-state index < -0.39 is 0 Å². The molecule has 1 N–H and O–H groups in total. The molecule has 3 heterocycles. The molecule has 3 aromatic rings. The van der Waals surface area contributed by atoms with Crippen LogP contribution in [0.2, 0.25) is 0 Å². The number of aromatic nitrogens is 1. The largest absolute Gasteiger partial charge is 0.459 e. The van der Waals surface area contributed by atoms with Crippen LogP contribution in [0.25, 0.3) is 10.9 Å². The van der Waals surface area contributed by atoms with Crippen molar-refractivity contribution in [3.63, 3.8) is 0 Å². The lowest BCUT2D eigenvalue weighted by atomic mass is 10.1. The molecule has 1 aliphatic heterocycles. The Bertz CT molecular complexity index is 999. The number of aromatic amines is 1. The zero-order valence-corrected chi connectivity index (χ0v) is 15.4. The summed E-state index contributed by atoms with van der Waals surface area (Å²) in [4.78, 5) is 31.8. The van der Waals surface area contributed by atoms with E-state index in [9.17, 15) is 9.59 Å². The normalized spacial score (nSPS) is 15.4. The Kier molecular flexibility index (Phi) is 4.81. The van der Waals surface area contributed by atoms with Gasteiger partial charge in [-0.1, -0.05) is 13.0 Å². The molecule has 0 aliphatic carbocycles. The Hall–Kier alpha value is -2.86. The van der Waals surface area contributed by atoms with Crippen LogP contribution in [0, 0.1) is 0 Å². The molecule has 0 spiro atoms. The molecule has 0 unspecified atom stereocenters. The van der Waals surface area contributed by atoms with Crippen molar-refractivity contribution in [2.24, 2.45) is 0 Å². The van der Waals surface area contributed by atoms with Crippen molar-refractivity contribution in [2.75, 3.05) is 26.2 Å². The van der Waals surface area contributed by atoms with E-state index in [1.165, 1.54) is 11.8 Å². The van der Waals surface area contributed by atoms with Crippen molar-refractivity contribution in [1.82, 2.24) is 14.8 Å². The number of rotatable bonds is 4. The summed E-state index contributed by atoms with van der Waals surface area (Å²) in [5.74, 6) is 0.302. The van der Waals surface area contributed by atoms with E-state index in [1.807, 2.05) is 18.2 Å². The summed E-state index contributed by atoms with van der Waals surface area (Å²) >= 11 is 0. The van der Waals surface area contributed by atoms with Gasteiger partial charge in [0, 0.05) is 43.8 Å². The Morgan fingerprint density at radius 2 is 1.96 bits per heavy atom. The smallest absolute Gasteiger partial charge is 0.289 e. The number of furan rings is 1. The summed E-state index contributed by atoms with van der Waals surface area (Å²) in [5, 5.41) is 1.07. The van der Waals surface area contributed by atoms with Gasteiger partial charge in [0.25, 0.3) is 11.5 Å². The van der Waals surface area contributed by atoms with E-state index in [0.29, 0.717) is 25.4 Å². The van der Waals surface area contributed by atoms with Crippen LogP contribution in [-0.4, -0.2) is 46.9 Å². The molecular formula is C21H23N3O3. The standard InChI is InChI=1S/C21H23N3O3/c1-2-15-5-6-18-16(12-15)13-17(20(25)22-18)14-23-7-9-24(10-8-23)21(26)19-4-3-11-27-19/h3-6,11-13H,2,7-10,14H2,1H3,(H,22,25). The van der Waals surface area contributed by atoms with Crippen molar-refractivity contribution in [2.45, 2.75) is 19.9 Å². The number of carbonyl (C=O) groups excluding carboxylic acids is 1. The molecule has 1 aliphatic rings. The first-order valence-electron chi connectivity index (χ1n) is 9.34. The molecule has 0 saturated carbocycles. The first kappa shape index (κ1) is 17.5. The average molecular weight is 365 g/mol. The first-order valence-corrected chi connectivity index (χ1v) is 9.34. The second-order valence-corrected chi connectivity index (χ2v) is 6.94. The minimum absolute atomic E-state index is 0.0409. The maximum atomic E-state index is 12.4. The third kappa shape index (κ3) is 3.66. The molecule has 0 atom stereocenters. The number of H-pyrrole nitrogens is 1. The van der Waals surface area contributed by atoms with E-state index in [1.54, 1.807) is 17.0 Å². The molecule has 1 amide bonds. The molecule has 27 heavy (non-hydrogen) atoms. The molecule has 1 aromatic carbocycles. The van der Waals surface area contributed by atoms with Gasteiger partial charge in [-0.25, -0.2) is 0 Å². The van der Waals surface area contributed by atoms with Crippen LogP contribution >= 0.6 is 0 Å². The summed E-state index contributed by atoms with van der Waals surface area (Å²) in [6.45, 7) is 5.44. The van der Waals surface area contributed by atoms with E-state index >= 15 is 0 Å². The number of carbonyl (C=O) groups is 1. The summed E-state index contributed by atoms with van der Waals surface area (Å²) in [5.41, 5.74) is 2.85. The Labute approximate surface area is 157 Å². The monoisotopic (exact) mass is 365 g/mol. The second kappa shape index (κ2) is 7.40. The maximum Gasteiger partial charge on any atom is 0.289 e.